The van der Waals surface area contributed by atoms with Crippen LogP contribution in [0, 0.1) is 40.2 Å². The van der Waals surface area contributed by atoms with Crippen LogP contribution in [-0.2, 0) is 0 Å². The van der Waals surface area contributed by atoms with Crippen molar-refractivity contribution in [3.05, 3.63) is 35.4 Å². The molecule has 0 heterocycles. The van der Waals surface area contributed by atoms with Gasteiger partial charge in [0.25, 0.3) is 0 Å². The maximum Gasteiger partial charge on any atom is 0.164 e. The number of benzene rings is 1. The van der Waals surface area contributed by atoms with Crippen molar-refractivity contribution in [1.29, 1.82) is 5.26 Å². The molecule has 0 aliphatic heterocycles. The Morgan fingerprint density at radius 1 is 1.29 bits per heavy atom. The minimum absolute atomic E-state index is 0.112. The minimum Gasteiger partial charge on any atom is -0.387 e. The van der Waals surface area contributed by atoms with Gasteiger partial charge in [0.2, 0.25) is 0 Å². The highest BCUT2D eigenvalue weighted by molar-refractivity contribution is 5.26. The van der Waals surface area contributed by atoms with Crippen LogP contribution in [0.2, 0.25) is 0 Å². The smallest absolute Gasteiger partial charge is 0.164 e. The third kappa shape index (κ3) is 2.94. The zero-order valence-electron chi connectivity index (χ0n) is 12.4. The lowest BCUT2D eigenvalue weighted by Crippen LogP contribution is -2.34. The van der Waals surface area contributed by atoms with Gasteiger partial charge in [-0.3, -0.25) is 0 Å². The van der Waals surface area contributed by atoms with Crippen LogP contribution in [0.15, 0.2) is 18.2 Å². The summed E-state index contributed by atoms with van der Waals surface area (Å²) in [6.45, 7) is 4.29. The molecule has 0 spiro atoms. The summed E-state index contributed by atoms with van der Waals surface area (Å²) in [4.78, 5) is 0. The fraction of sp³-hybridized carbons (Fsp3) is 0.588. The van der Waals surface area contributed by atoms with Gasteiger partial charge in [-0.15, -0.1) is 0 Å². The third-order valence-corrected chi connectivity index (χ3v) is 4.89. The number of rotatable bonds is 3. The highest BCUT2D eigenvalue weighted by atomic mass is 19.2. The van der Waals surface area contributed by atoms with Gasteiger partial charge < -0.3 is 5.11 Å². The maximum absolute atomic E-state index is 13.9. The van der Waals surface area contributed by atoms with E-state index in [2.05, 4.69) is 19.9 Å². The van der Waals surface area contributed by atoms with Crippen LogP contribution in [0.25, 0.3) is 0 Å². The van der Waals surface area contributed by atoms with Crippen LogP contribution in [-0.4, -0.2) is 5.11 Å². The molecule has 1 atom stereocenters. The predicted molar refractivity (Wildman–Crippen MR) is 76.2 cm³/mol. The number of hydrogen-bond donors (Lipinski definition) is 1. The second-order valence-corrected chi connectivity index (χ2v) is 6.39. The zero-order chi connectivity index (χ0) is 15.6. The van der Waals surface area contributed by atoms with Gasteiger partial charge in [-0.05, 0) is 43.6 Å². The van der Waals surface area contributed by atoms with Crippen molar-refractivity contribution >= 4 is 0 Å². The molecule has 21 heavy (non-hydrogen) atoms. The normalized spacial score (nSPS) is 27.4. The van der Waals surface area contributed by atoms with E-state index < -0.39 is 23.2 Å². The predicted octanol–water partition coefficient (Wildman–Crippen LogP) is 4.35. The fourth-order valence-corrected chi connectivity index (χ4v) is 3.30. The summed E-state index contributed by atoms with van der Waals surface area (Å²) in [5, 5.41) is 20.0. The van der Waals surface area contributed by atoms with Gasteiger partial charge in [0.1, 0.15) is 6.10 Å². The van der Waals surface area contributed by atoms with Crippen LogP contribution in [0.3, 0.4) is 0 Å². The standard InChI is InChI=1S/C17H21F2NO/c1-11(2)12-6-8-17(10-20,9-7-12)16(21)13-4-3-5-14(18)15(13)19/h3-5,11-12,16,21H,6-9H2,1-2H3. The zero-order valence-corrected chi connectivity index (χ0v) is 12.4. The fourth-order valence-electron chi connectivity index (χ4n) is 3.30. The SMILES string of the molecule is CC(C)C1CCC(C#N)(C(O)c2cccc(F)c2F)CC1. The summed E-state index contributed by atoms with van der Waals surface area (Å²) in [5.41, 5.74) is -1.13. The van der Waals surface area contributed by atoms with Crippen molar-refractivity contribution in [1.82, 2.24) is 0 Å². The molecule has 0 saturated heterocycles. The average Bonchev–Trinajstić information content (AvgIpc) is 2.49. The Hall–Kier alpha value is -1.47. The summed E-state index contributed by atoms with van der Waals surface area (Å²) in [6.07, 6.45) is 1.41. The van der Waals surface area contributed by atoms with Gasteiger partial charge in [0.15, 0.2) is 11.6 Å². The highest BCUT2D eigenvalue weighted by Gasteiger charge is 2.44. The first-order chi connectivity index (χ1) is 9.91. The molecule has 0 aromatic heterocycles. The molecule has 0 radical (unpaired) electrons. The molecular weight excluding hydrogens is 272 g/mol. The Morgan fingerprint density at radius 3 is 2.43 bits per heavy atom. The largest absolute Gasteiger partial charge is 0.387 e. The number of nitriles is 1. The van der Waals surface area contributed by atoms with Crippen molar-refractivity contribution in [3.63, 3.8) is 0 Å². The Balaban J connectivity index is 2.26. The van der Waals surface area contributed by atoms with E-state index in [0.717, 1.165) is 18.9 Å². The van der Waals surface area contributed by atoms with Gasteiger partial charge in [0.05, 0.1) is 11.5 Å². The molecule has 1 fully saturated rings. The molecule has 1 aliphatic rings. The number of aliphatic hydroxyl groups is 1. The molecule has 1 N–H and O–H groups in total. The molecule has 1 saturated carbocycles. The van der Waals surface area contributed by atoms with E-state index in [1.165, 1.54) is 12.1 Å². The monoisotopic (exact) mass is 293 g/mol. The molecule has 0 bridgehead atoms. The Morgan fingerprint density at radius 2 is 1.90 bits per heavy atom. The van der Waals surface area contributed by atoms with Gasteiger partial charge in [0, 0.05) is 5.56 Å². The molecule has 4 heteroatoms. The number of hydrogen-bond acceptors (Lipinski definition) is 2. The average molecular weight is 293 g/mol. The first kappa shape index (κ1) is 15.9. The topological polar surface area (TPSA) is 44.0 Å². The molecule has 1 aromatic rings. The minimum atomic E-state index is -1.29. The summed E-state index contributed by atoms with van der Waals surface area (Å²) in [6, 6.07) is 5.92. The first-order valence-electron chi connectivity index (χ1n) is 7.44. The summed E-state index contributed by atoms with van der Waals surface area (Å²) >= 11 is 0. The lowest BCUT2D eigenvalue weighted by Gasteiger charge is -2.39. The van der Waals surface area contributed by atoms with E-state index in [4.69, 9.17) is 0 Å². The highest BCUT2D eigenvalue weighted by Crippen LogP contribution is 2.48. The summed E-state index contributed by atoms with van der Waals surface area (Å²) in [5.74, 6) is -0.984. The van der Waals surface area contributed by atoms with E-state index in [1.807, 2.05) is 0 Å². The van der Waals surface area contributed by atoms with Gasteiger partial charge >= 0.3 is 0 Å². The van der Waals surface area contributed by atoms with Gasteiger partial charge in [-0.2, -0.15) is 5.26 Å². The molecule has 1 unspecified atom stereocenters. The van der Waals surface area contributed by atoms with Crippen molar-refractivity contribution in [2.45, 2.75) is 45.6 Å². The van der Waals surface area contributed by atoms with Crippen molar-refractivity contribution in [3.8, 4) is 6.07 Å². The van der Waals surface area contributed by atoms with E-state index in [-0.39, 0.29) is 5.56 Å². The Labute approximate surface area is 124 Å². The molecule has 2 rings (SSSR count). The lowest BCUT2D eigenvalue weighted by atomic mass is 9.65. The second-order valence-electron chi connectivity index (χ2n) is 6.39. The number of halogens is 2. The van der Waals surface area contributed by atoms with E-state index >= 15 is 0 Å². The van der Waals surface area contributed by atoms with E-state index in [1.54, 1.807) is 0 Å². The van der Waals surface area contributed by atoms with Gasteiger partial charge in [-0.25, -0.2) is 8.78 Å². The van der Waals surface area contributed by atoms with Crippen molar-refractivity contribution in [2.75, 3.05) is 0 Å². The molecule has 0 amide bonds. The van der Waals surface area contributed by atoms with Crippen LogP contribution in [0.1, 0.15) is 51.2 Å². The molecule has 2 nitrogen and oxygen atoms in total. The molecular formula is C17H21F2NO. The Kier molecular flexibility index (Phi) is 4.63. The molecule has 1 aliphatic carbocycles. The van der Waals surface area contributed by atoms with E-state index in [0.29, 0.717) is 24.7 Å². The second kappa shape index (κ2) is 6.11. The third-order valence-electron chi connectivity index (χ3n) is 4.89. The lowest BCUT2D eigenvalue weighted by molar-refractivity contribution is 0.0164. The molecule has 114 valence electrons. The Bertz CT molecular complexity index is 542. The summed E-state index contributed by atoms with van der Waals surface area (Å²) < 4.78 is 27.2. The van der Waals surface area contributed by atoms with Crippen LogP contribution < -0.4 is 0 Å². The summed E-state index contributed by atoms with van der Waals surface area (Å²) in [7, 11) is 0. The maximum atomic E-state index is 13.9. The number of nitrogens with zero attached hydrogens (tertiary/aromatic N) is 1. The number of aliphatic hydroxyl groups excluding tert-OH is 1. The van der Waals surface area contributed by atoms with Crippen molar-refractivity contribution < 1.29 is 13.9 Å². The van der Waals surface area contributed by atoms with Crippen molar-refractivity contribution in [2.24, 2.45) is 17.3 Å². The quantitative estimate of drug-likeness (QED) is 0.900. The van der Waals surface area contributed by atoms with Crippen LogP contribution >= 0.6 is 0 Å². The van der Waals surface area contributed by atoms with Crippen LogP contribution in [0.4, 0.5) is 8.78 Å². The van der Waals surface area contributed by atoms with Crippen LogP contribution in [0.5, 0.6) is 0 Å². The van der Waals surface area contributed by atoms with E-state index in [9.17, 15) is 19.1 Å². The first-order valence-corrected chi connectivity index (χ1v) is 7.44. The molecule has 1 aromatic carbocycles. The van der Waals surface area contributed by atoms with Gasteiger partial charge in [-0.1, -0.05) is 26.0 Å².